The molecule has 1 saturated heterocycles. The molecule has 0 bridgehead atoms. The topological polar surface area (TPSA) is 96.3 Å². The van der Waals surface area contributed by atoms with E-state index in [1.54, 1.807) is 24.5 Å². The van der Waals surface area contributed by atoms with Crippen LogP contribution < -0.4 is 10.7 Å². The zero-order valence-corrected chi connectivity index (χ0v) is 18.0. The second-order valence-corrected chi connectivity index (χ2v) is 9.09. The maximum Gasteiger partial charge on any atom is 0.344 e. The van der Waals surface area contributed by atoms with Gasteiger partial charge in [-0.3, -0.25) is 19.6 Å². The van der Waals surface area contributed by atoms with E-state index in [0.717, 1.165) is 23.5 Å². The highest BCUT2D eigenvalue weighted by Gasteiger charge is 2.52. The molecule has 1 spiro atoms. The summed E-state index contributed by atoms with van der Waals surface area (Å²) in [6, 6.07) is 6.68. The van der Waals surface area contributed by atoms with Gasteiger partial charge in [0.25, 0.3) is 5.91 Å². The first-order chi connectivity index (χ1) is 14.4. The highest BCUT2D eigenvalue weighted by atomic mass is 35.5. The van der Waals surface area contributed by atoms with Gasteiger partial charge in [-0.2, -0.15) is 5.01 Å². The molecule has 4 rings (SSSR count). The van der Waals surface area contributed by atoms with E-state index in [1.165, 1.54) is 11.8 Å². The third-order valence-electron chi connectivity index (χ3n) is 5.57. The van der Waals surface area contributed by atoms with Gasteiger partial charge >= 0.3 is 6.03 Å². The molecule has 1 aromatic heterocycles. The molecule has 10 heteroatoms. The summed E-state index contributed by atoms with van der Waals surface area (Å²) in [6.07, 6.45) is 6.36. The number of aromatic nitrogens is 2. The smallest absolute Gasteiger partial charge is 0.322 e. The summed E-state index contributed by atoms with van der Waals surface area (Å²) in [6.45, 7) is 2.14. The average Bonchev–Trinajstić information content (AvgIpc) is 3.28. The third kappa shape index (κ3) is 4.04. The maximum atomic E-state index is 12.8. The lowest BCUT2D eigenvalue weighted by molar-refractivity contribution is -0.139. The van der Waals surface area contributed by atoms with E-state index < -0.39 is 17.5 Å². The van der Waals surface area contributed by atoms with E-state index in [1.807, 2.05) is 16.7 Å². The number of carbonyl (C=O) groups is 3. The number of rotatable bonds is 5. The minimum atomic E-state index is -0.880. The van der Waals surface area contributed by atoms with Crippen molar-refractivity contribution < 1.29 is 14.4 Å². The van der Waals surface area contributed by atoms with Crippen molar-refractivity contribution in [3.8, 4) is 5.69 Å². The Balaban J connectivity index is 1.37. The molecule has 2 aromatic rings. The Morgan fingerprint density at radius 1 is 1.30 bits per heavy atom. The predicted molar refractivity (Wildman–Crippen MR) is 113 cm³/mol. The maximum absolute atomic E-state index is 12.8. The summed E-state index contributed by atoms with van der Waals surface area (Å²) in [5, 5.41) is 4.86. The van der Waals surface area contributed by atoms with Gasteiger partial charge in [0.2, 0.25) is 5.91 Å². The standard InChI is InChI=1S/C20H22ClN5O3S/c1-13-6-8-20(9-7-13)17(28)26(18(29)23-20)24-16(27)12-30-19-22-10-11-25(19)15-4-2-14(21)3-5-15/h2-5,10-11,13H,6-9,12H2,1H3,(H,23,29)(H,24,27). The van der Waals surface area contributed by atoms with Crippen LogP contribution in [0.2, 0.25) is 5.02 Å². The van der Waals surface area contributed by atoms with Crippen LogP contribution in [0.15, 0.2) is 41.8 Å². The van der Waals surface area contributed by atoms with Crippen molar-refractivity contribution in [1.29, 1.82) is 0 Å². The first-order valence-corrected chi connectivity index (χ1v) is 11.1. The SMILES string of the molecule is CC1CCC2(CC1)NC(=O)N(NC(=O)CSc1nccn1-c1ccc(Cl)cc1)C2=O. The number of benzene rings is 1. The van der Waals surface area contributed by atoms with Crippen LogP contribution in [-0.4, -0.2) is 43.7 Å². The predicted octanol–water partition coefficient (Wildman–Crippen LogP) is 3.15. The molecular weight excluding hydrogens is 426 g/mol. The number of hydrazine groups is 1. The Bertz CT molecular complexity index is 969. The number of nitrogens with one attached hydrogen (secondary N) is 2. The number of imide groups is 1. The number of nitrogens with zero attached hydrogens (tertiary/aromatic N) is 3. The Hall–Kier alpha value is -2.52. The van der Waals surface area contributed by atoms with Crippen LogP contribution in [0.1, 0.15) is 32.6 Å². The fraction of sp³-hybridized carbons (Fsp3) is 0.400. The largest absolute Gasteiger partial charge is 0.344 e. The Kier molecular flexibility index (Phi) is 5.75. The van der Waals surface area contributed by atoms with Crippen LogP contribution in [0.25, 0.3) is 5.69 Å². The van der Waals surface area contributed by atoms with E-state index in [2.05, 4.69) is 22.7 Å². The van der Waals surface area contributed by atoms with E-state index >= 15 is 0 Å². The number of hydrogen-bond donors (Lipinski definition) is 2. The molecule has 2 heterocycles. The molecule has 2 N–H and O–H groups in total. The van der Waals surface area contributed by atoms with E-state index in [-0.39, 0.29) is 11.7 Å². The Morgan fingerprint density at radius 2 is 2.00 bits per heavy atom. The first kappa shape index (κ1) is 20.7. The number of halogens is 1. The van der Waals surface area contributed by atoms with Gasteiger partial charge in [-0.05, 0) is 55.9 Å². The van der Waals surface area contributed by atoms with Gasteiger partial charge in [-0.25, -0.2) is 9.78 Å². The van der Waals surface area contributed by atoms with Crippen LogP contribution in [0.4, 0.5) is 4.79 Å². The average molecular weight is 448 g/mol. The minimum absolute atomic E-state index is 0.00565. The van der Waals surface area contributed by atoms with Crippen LogP contribution in [0, 0.1) is 5.92 Å². The van der Waals surface area contributed by atoms with Gasteiger partial charge < -0.3 is 5.32 Å². The highest BCUT2D eigenvalue weighted by molar-refractivity contribution is 7.99. The van der Waals surface area contributed by atoms with Crippen molar-refractivity contribution >= 4 is 41.2 Å². The zero-order valence-electron chi connectivity index (χ0n) is 16.4. The molecule has 0 unspecified atom stereocenters. The van der Waals surface area contributed by atoms with Crippen LogP contribution in [-0.2, 0) is 9.59 Å². The first-order valence-electron chi connectivity index (χ1n) is 9.76. The van der Waals surface area contributed by atoms with Gasteiger partial charge in [-0.15, -0.1) is 0 Å². The summed E-state index contributed by atoms with van der Waals surface area (Å²) in [7, 11) is 0. The van der Waals surface area contributed by atoms with Crippen molar-refractivity contribution in [1.82, 2.24) is 25.3 Å². The molecule has 4 amide bonds. The van der Waals surface area contributed by atoms with Crippen molar-refractivity contribution in [3.05, 3.63) is 41.7 Å². The zero-order chi connectivity index (χ0) is 21.3. The number of thioether (sulfide) groups is 1. The van der Waals surface area contributed by atoms with Gasteiger partial charge in [0, 0.05) is 23.1 Å². The Morgan fingerprint density at radius 3 is 2.70 bits per heavy atom. The van der Waals surface area contributed by atoms with Gasteiger partial charge in [0.15, 0.2) is 5.16 Å². The molecule has 2 fully saturated rings. The van der Waals surface area contributed by atoms with E-state index in [4.69, 9.17) is 11.6 Å². The number of carbonyl (C=O) groups excluding carboxylic acids is 3. The molecule has 0 atom stereocenters. The summed E-state index contributed by atoms with van der Waals surface area (Å²) >= 11 is 7.14. The lowest BCUT2D eigenvalue weighted by Gasteiger charge is -2.33. The van der Waals surface area contributed by atoms with Crippen LogP contribution in [0.3, 0.4) is 0 Å². The van der Waals surface area contributed by atoms with Crippen molar-refractivity contribution in [2.24, 2.45) is 5.92 Å². The fourth-order valence-corrected chi connectivity index (χ4v) is 4.69. The number of urea groups is 1. The van der Waals surface area contributed by atoms with Crippen molar-refractivity contribution in [3.63, 3.8) is 0 Å². The Labute approximate surface area is 183 Å². The quantitative estimate of drug-likeness (QED) is 0.542. The second-order valence-electron chi connectivity index (χ2n) is 7.72. The normalized spacial score (nSPS) is 23.7. The molecule has 1 aliphatic heterocycles. The molecular formula is C20H22ClN5O3S. The third-order valence-corrected chi connectivity index (χ3v) is 6.79. The van der Waals surface area contributed by atoms with Crippen LogP contribution >= 0.6 is 23.4 Å². The van der Waals surface area contributed by atoms with Gasteiger partial charge in [0.1, 0.15) is 5.54 Å². The molecule has 1 aliphatic carbocycles. The molecule has 2 aliphatic rings. The summed E-state index contributed by atoms with van der Waals surface area (Å²) in [4.78, 5) is 41.9. The summed E-state index contributed by atoms with van der Waals surface area (Å²) in [5.41, 5.74) is 2.43. The molecule has 30 heavy (non-hydrogen) atoms. The second kappa shape index (κ2) is 8.31. The summed E-state index contributed by atoms with van der Waals surface area (Å²) in [5.74, 6) is -0.286. The fourth-order valence-electron chi connectivity index (χ4n) is 3.80. The van der Waals surface area contributed by atoms with Gasteiger partial charge in [0.05, 0.1) is 5.75 Å². The summed E-state index contributed by atoms with van der Waals surface area (Å²) < 4.78 is 1.83. The number of imidazole rings is 1. The van der Waals surface area contributed by atoms with Crippen molar-refractivity contribution in [2.75, 3.05) is 5.75 Å². The molecule has 8 nitrogen and oxygen atoms in total. The molecule has 1 saturated carbocycles. The van der Waals surface area contributed by atoms with Gasteiger partial charge in [-0.1, -0.05) is 30.3 Å². The molecule has 1 aromatic carbocycles. The van der Waals surface area contributed by atoms with Crippen molar-refractivity contribution in [2.45, 2.75) is 43.3 Å². The lowest BCUT2D eigenvalue weighted by atomic mass is 9.77. The van der Waals surface area contributed by atoms with E-state index in [9.17, 15) is 14.4 Å². The minimum Gasteiger partial charge on any atom is -0.322 e. The van der Waals surface area contributed by atoms with Crippen LogP contribution in [0.5, 0.6) is 0 Å². The molecule has 0 radical (unpaired) electrons. The number of hydrogen-bond acceptors (Lipinski definition) is 5. The highest BCUT2D eigenvalue weighted by Crippen LogP contribution is 2.35. The monoisotopic (exact) mass is 447 g/mol. The number of amides is 4. The van der Waals surface area contributed by atoms with E-state index in [0.29, 0.717) is 28.9 Å². The molecule has 158 valence electrons. The lowest BCUT2D eigenvalue weighted by Crippen LogP contribution is -2.51.